The number of hydrogen-bond acceptors (Lipinski definition) is 4. The molecule has 4 heterocycles. The van der Waals surface area contributed by atoms with Crippen molar-refractivity contribution < 1.29 is 8.83 Å². The summed E-state index contributed by atoms with van der Waals surface area (Å²) in [5.41, 5.74) is 16.8. The number of aromatic nitrogens is 2. The van der Waals surface area contributed by atoms with Gasteiger partial charge in [-0.3, -0.25) is 0 Å². The summed E-state index contributed by atoms with van der Waals surface area (Å²) in [5, 5.41) is 11.3. The first-order valence-electron chi connectivity index (χ1n) is 25.3. The number of benzene rings is 10. The standard InChI is InChI=1S/C67H50N4O2/c1-5-46(70(47-20-10-8-11-21-47)60-30-18-28-58-66(60)50-24-14-16-26-56(50)68(58)6-2)35-44-38-62-52(34-42(44)4)54-40-65-55(41-64(54)72-62)53-37-43-32-33-49(36-45(43)39-63(53)73-65)71(48-22-12-9-13-23-48)61-31-19-29-59-67(61)51-25-15-17-27-57(51)69(59)7-3/h5,8-41H,1,6-7H2,2-4H3/b46-35+. The highest BCUT2D eigenvalue weighted by Gasteiger charge is 2.23. The zero-order chi connectivity index (χ0) is 48.9. The van der Waals surface area contributed by atoms with E-state index in [1.165, 1.54) is 43.6 Å². The normalized spacial score (nSPS) is 12.3. The zero-order valence-corrected chi connectivity index (χ0v) is 40.9. The van der Waals surface area contributed by atoms with Crippen LogP contribution < -0.4 is 9.80 Å². The Hall–Kier alpha value is -9.26. The van der Waals surface area contributed by atoms with Crippen molar-refractivity contribution in [2.24, 2.45) is 0 Å². The van der Waals surface area contributed by atoms with Crippen molar-refractivity contribution in [2.75, 3.05) is 9.80 Å². The number of furan rings is 2. The van der Waals surface area contributed by atoms with Gasteiger partial charge in [0.2, 0.25) is 0 Å². The fraction of sp³-hybridized carbons (Fsp3) is 0.0746. The molecule has 0 unspecified atom stereocenters. The van der Waals surface area contributed by atoms with Gasteiger partial charge in [0.05, 0.1) is 22.4 Å². The van der Waals surface area contributed by atoms with E-state index < -0.39 is 0 Å². The van der Waals surface area contributed by atoms with Crippen LogP contribution in [0.1, 0.15) is 25.0 Å². The maximum Gasteiger partial charge on any atom is 0.136 e. The summed E-state index contributed by atoms with van der Waals surface area (Å²) < 4.78 is 18.4. The van der Waals surface area contributed by atoms with Crippen LogP contribution in [0.15, 0.2) is 227 Å². The first-order valence-corrected chi connectivity index (χ1v) is 25.3. The summed E-state index contributed by atoms with van der Waals surface area (Å²) in [6.45, 7) is 12.8. The molecule has 0 saturated heterocycles. The number of aryl methyl sites for hydroxylation is 3. The molecule has 0 atom stereocenters. The third-order valence-electron chi connectivity index (χ3n) is 15.1. The Morgan fingerprint density at radius 1 is 0.452 bits per heavy atom. The van der Waals surface area contributed by atoms with Crippen LogP contribution >= 0.6 is 0 Å². The molecule has 0 N–H and O–H groups in total. The number of para-hydroxylation sites is 4. The van der Waals surface area contributed by atoms with Gasteiger partial charge in [-0.1, -0.05) is 97.6 Å². The molecule has 73 heavy (non-hydrogen) atoms. The molecule has 6 heteroatoms. The molecule has 14 rings (SSSR count). The van der Waals surface area contributed by atoms with Crippen LogP contribution in [-0.2, 0) is 13.1 Å². The summed E-state index contributed by atoms with van der Waals surface area (Å²) in [7, 11) is 0. The topological polar surface area (TPSA) is 42.6 Å². The maximum absolute atomic E-state index is 6.80. The van der Waals surface area contributed by atoms with Gasteiger partial charge in [0.25, 0.3) is 0 Å². The van der Waals surface area contributed by atoms with Gasteiger partial charge in [0.1, 0.15) is 22.3 Å². The predicted molar refractivity (Wildman–Crippen MR) is 308 cm³/mol. The third kappa shape index (κ3) is 6.57. The van der Waals surface area contributed by atoms with Crippen molar-refractivity contribution >= 4 is 133 Å². The van der Waals surface area contributed by atoms with E-state index in [1.54, 1.807) is 0 Å². The second-order valence-electron chi connectivity index (χ2n) is 19.1. The molecule has 14 aromatic rings. The Labute approximate surface area is 422 Å². The first-order chi connectivity index (χ1) is 36.0. The van der Waals surface area contributed by atoms with Gasteiger partial charge >= 0.3 is 0 Å². The van der Waals surface area contributed by atoms with Crippen molar-refractivity contribution in [3.63, 3.8) is 0 Å². The molecule has 0 aliphatic heterocycles. The predicted octanol–water partition coefficient (Wildman–Crippen LogP) is 19.0. The Kier molecular flexibility index (Phi) is 9.73. The van der Waals surface area contributed by atoms with E-state index in [0.717, 1.165) is 113 Å². The van der Waals surface area contributed by atoms with Gasteiger partial charge in [0, 0.05) is 90.0 Å². The largest absolute Gasteiger partial charge is 0.456 e. The highest BCUT2D eigenvalue weighted by atomic mass is 16.3. The second kappa shape index (κ2) is 16.7. The molecule has 0 aliphatic rings. The molecule has 0 bridgehead atoms. The minimum atomic E-state index is 0.822. The lowest BCUT2D eigenvalue weighted by Crippen LogP contribution is -2.15. The highest BCUT2D eigenvalue weighted by Crippen LogP contribution is 2.46. The minimum Gasteiger partial charge on any atom is -0.456 e. The van der Waals surface area contributed by atoms with Gasteiger partial charge in [-0.2, -0.15) is 0 Å². The average molecular weight is 943 g/mol. The van der Waals surface area contributed by atoms with Crippen LogP contribution in [0.2, 0.25) is 0 Å². The number of hydrogen-bond donors (Lipinski definition) is 0. The number of rotatable bonds is 10. The van der Waals surface area contributed by atoms with E-state index in [2.05, 4.69) is 253 Å². The van der Waals surface area contributed by atoms with Gasteiger partial charge in [-0.25, -0.2) is 0 Å². The number of anilines is 5. The SMILES string of the molecule is C=C/C(=C\c1cc2oc3cc4c(cc3c2cc1C)oc1cc2cc(N(c3ccccc3)c3cccc5c3c3ccccc3n5CC)ccc2cc14)N(c1ccccc1)c1cccc2c1c1ccccc1n2CC. The van der Waals surface area contributed by atoms with Crippen molar-refractivity contribution in [2.45, 2.75) is 33.9 Å². The molecule has 6 nitrogen and oxygen atoms in total. The van der Waals surface area contributed by atoms with Crippen LogP contribution in [0, 0.1) is 6.92 Å². The van der Waals surface area contributed by atoms with Crippen LogP contribution in [-0.4, -0.2) is 9.13 Å². The lowest BCUT2D eigenvalue weighted by molar-refractivity contribution is 0.664. The van der Waals surface area contributed by atoms with Crippen LogP contribution in [0.3, 0.4) is 0 Å². The van der Waals surface area contributed by atoms with Crippen LogP contribution in [0.4, 0.5) is 28.4 Å². The van der Waals surface area contributed by atoms with E-state index in [-0.39, 0.29) is 0 Å². The molecule has 350 valence electrons. The molecule has 10 aromatic carbocycles. The second-order valence-corrected chi connectivity index (χ2v) is 19.1. The molecular weight excluding hydrogens is 893 g/mol. The van der Waals surface area contributed by atoms with E-state index >= 15 is 0 Å². The molecule has 0 spiro atoms. The smallest absolute Gasteiger partial charge is 0.136 e. The van der Waals surface area contributed by atoms with Gasteiger partial charge in [-0.15, -0.1) is 0 Å². The lowest BCUT2D eigenvalue weighted by atomic mass is 10.0. The molecule has 0 aliphatic carbocycles. The average Bonchev–Trinajstić information content (AvgIpc) is 4.17. The summed E-state index contributed by atoms with van der Waals surface area (Å²) in [6.07, 6.45) is 4.20. The van der Waals surface area contributed by atoms with E-state index in [9.17, 15) is 0 Å². The Morgan fingerprint density at radius 2 is 0.973 bits per heavy atom. The van der Waals surface area contributed by atoms with Gasteiger partial charge in [0.15, 0.2) is 0 Å². The summed E-state index contributed by atoms with van der Waals surface area (Å²) in [4.78, 5) is 4.73. The van der Waals surface area contributed by atoms with Crippen molar-refractivity contribution in [3.05, 3.63) is 230 Å². The Morgan fingerprint density at radius 3 is 1.60 bits per heavy atom. The first kappa shape index (κ1) is 42.6. The lowest BCUT2D eigenvalue weighted by Gasteiger charge is -2.27. The fourth-order valence-corrected chi connectivity index (χ4v) is 11.8. The maximum atomic E-state index is 6.80. The zero-order valence-electron chi connectivity index (χ0n) is 40.9. The van der Waals surface area contributed by atoms with Crippen molar-refractivity contribution in [3.8, 4) is 0 Å². The van der Waals surface area contributed by atoms with Gasteiger partial charge in [-0.05, 0) is 164 Å². The number of nitrogens with zero attached hydrogens (tertiary/aromatic N) is 4. The van der Waals surface area contributed by atoms with Crippen LogP contribution in [0.5, 0.6) is 0 Å². The monoisotopic (exact) mass is 942 g/mol. The third-order valence-corrected chi connectivity index (χ3v) is 15.1. The molecule has 0 fully saturated rings. The molecule has 0 radical (unpaired) electrons. The molecular formula is C67H50N4O2. The van der Waals surface area contributed by atoms with Crippen molar-refractivity contribution in [1.82, 2.24) is 9.13 Å². The number of fused-ring (bicyclic) bond motifs is 13. The summed E-state index contributed by atoms with van der Waals surface area (Å²) in [5.74, 6) is 0. The number of allylic oxidation sites excluding steroid dienone is 1. The molecule has 0 saturated carbocycles. The van der Waals surface area contributed by atoms with Crippen LogP contribution in [0.25, 0.3) is 104 Å². The molecule has 0 amide bonds. The Balaban J connectivity index is 0.870. The Bertz CT molecular complexity index is 4570. The van der Waals surface area contributed by atoms with E-state index in [0.29, 0.717) is 0 Å². The highest BCUT2D eigenvalue weighted by molar-refractivity contribution is 6.19. The van der Waals surface area contributed by atoms with E-state index in [4.69, 9.17) is 8.83 Å². The quantitative estimate of drug-likeness (QED) is 0.128. The minimum absolute atomic E-state index is 0.822. The summed E-state index contributed by atoms with van der Waals surface area (Å²) in [6, 6.07) is 72.0. The van der Waals surface area contributed by atoms with Crippen molar-refractivity contribution in [1.29, 1.82) is 0 Å². The van der Waals surface area contributed by atoms with E-state index in [1.807, 2.05) is 6.08 Å². The fourth-order valence-electron chi connectivity index (χ4n) is 11.8. The van der Waals surface area contributed by atoms with Gasteiger partial charge < -0.3 is 27.8 Å². The molecule has 4 aromatic heterocycles. The summed E-state index contributed by atoms with van der Waals surface area (Å²) >= 11 is 0.